The molecular formula is C29H32ClNO5S. The summed E-state index contributed by atoms with van der Waals surface area (Å²) in [5.74, 6) is 1.87. The van der Waals surface area contributed by atoms with Crippen LogP contribution in [0.25, 0.3) is 0 Å². The molecule has 2 atom stereocenters. The molecular weight excluding hydrogens is 510 g/mol. The Kier molecular flexibility index (Phi) is 8.87. The zero-order chi connectivity index (χ0) is 26.5. The van der Waals surface area contributed by atoms with Crippen LogP contribution in [0.2, 0.25) is 5.02 Å². The molecule has 8 heteroatoms. The Bertz CT molecular complexity index is 1250. The summed E-state index contributed by atoms with van der Waals surface area (Å²) < 4.78 is 16.5. The van der Waals surface area contributed by atoms with Gasteiger partial charge in [0.15, 0.2) is 17.3 Å². The highest BCUT2D eigenvalue weighted by Crippen LogP contribution is 2.47. The number of Topliss-reactive ketones (excluding diaryl/α,β-unsaturated/α-hetero) is 1. The summed E-state index contributed by atoms with van der Waals surface area (Å²) in [5, 5.41) is 3.89. The zero-order valence-electron chi connectivity index (χ0n) is 21.6. The molecule has 2 aromatic rings. The van der Waals surface area contributed by atoms with E-state index in [1.54, 1.807) is 32.0 Å². The van der Waals surface area contributed by atoms with Crippen LogP contribution in [0.3, 0.4) is 0 Å². The monoisotopic (exact) mass is 541 g/mol. The maximum Gasteiger partial charge on any atom is 0.336 e. The fraction of sp³-hybridized carbons (Fsp3) is 0.379. The van der Waals surface area contributed by atoms with Crippen molar-refractivity contribution in [1.82, 2.24) is 5.32 Å². The summed E-state index contributed by atoms with van der Waals surface area (Å²) in [6.45, 7) is 4.23. The number of allylic oxidation sites excluding steroid dienone is 3. The number of esters is 1. The lowest BCUT2D eigenvalue weighted by molar-refractivity contribution is -0.138. The van der Waals surface area contributed by atoms with Crippen molar-refractivity contribution < 1.29 is 23.8 Å². The normalized spacial score (nSPS) is 19.3. The predicted octanol–water partition coefficient (Wildman–Crippen LogP) is 6.02. The van der Waals surface area contributed by atoms with E-state index in [0.717, 1.165) is 28.3 Å². The first-order valence-corrected chi connectivity index (χ1v) is 13.9. The number of dihydropyridines is 1. The Morgan fingerprint density at radius 3 is 2.57 bits per heavy atom. The van der Waals surface area contributed by atoms with Gasteiger partial charge in [-0.1, -0.05) is 42.8 Å². The molecule has 0 saturated heterocycles. The lowest BCUT2D eigenvalue weighted by atomic mass is 9.71. The van der Waals surface area contributed by atoms with Crippen LogP contribution in [-0.2, 0) is 14.3 Å². The molecule has 6 nitrogen and oxygen atoms in total. The fourth-order valence-electron chi connectivity index (χ4n) is 5.09. The lowest BCUT2D eigenvalue weighted by Crippen LogP contribution is -2.36. The molecule has 0 aromatic heterocycles. The number of halogens is 1. The summed E-state index contributed by atoms with van der Waals surface area (Å²) in [6, 6.07) is 13.1. The lowest BCUT2D eigenvalue weighted by Gasteiger charge is -2.37. The number of ketones is 1. The molecule has 0 radical (unpaired) electrons. The first kappa shape index (κ1) is 27.1. The van der Waals surface area contributed by atoms with E-state index in [9.17, 15) is 9.59 Å². The second-order valence-corrected chi connectivity index (χ2v) is 10.8. The van der Waals surface area contributed by atoms with Gasteiger partial charge in [-0.05, 0) is 54.3 Å². The number of carbonyl (C=O) groups excluding carboxylic acids is 2. The molecule has 2 aromatic carbocycles. The van der Waals surface area contributed by atoms with Gasteiger partial charge in [0.2, 0.25) is 0 Å². The Balaban J connectivity index is 1.72. The zero-order valence-corrected chi connectivity index (χ0v) is 23.1. The Hall–Kier alpha value is -2.90. The van der Waals surface area contributed by atoms with E-state index in [4.69, 9.17) is 25.8 Å². The van der Waals surface area contributed by atoms with Crippen LogP contribution in [0, 0.1) is 0 Å². The average Bonchev–Trinajstić information content (AvgIpc) is 2.90. The van der Waals surface area contributed by atoms with Crippen molar-refractivity contribution in [2.45, 2.75) is 38.5 Å². The van der Waals surface area contributed by atoms with Gasteiger partial charge in [-0.15, -0.1) is 0 Å². The van der Waals surface area contributed by atoms with E-state index in [1.807, 2.05) is 43.3 Å². The van der Waals surface area contributed by atoms with E-state index in [-0.39, 0.29) is 11.7 Å². The predicted molar refractivity (Wildman–Crippen MR) is 148 cm³/mol. The van der Waals surface area contributed by atoms with Gasteiger partial charge in [0, 0.05) is 40.1 Å². The molecule has 0 unspecified atom stereocenters. The number of carbonyl (C=O) groups is 2. The van der Waals surface area contributed by atoms with E-state index < -0.39 is 11.9 Å². The van der Waals surface area contributed by atoms with Gasteiger partial charge in [0.05, 0.1) is 19.8 Å². The van der Waals surface area contributed by atoms with Crippen molar-refractivity contribution in [1.29, 1.82) is 0 Å². The van der Waals surface area contributed by atoms with Gasteiger partial charge in [0.25, 0.3) is 0 Å². The molecule has 1 N–H and O–H groups in total. The number of thioether (sulfide) groups is 1. The minimum Gasteiger partial charge on any atom is -0.493 e. The quantitative estimate of drug-likeness (QED) is 0.307. The third-order valence-corrected chi connectivity index (χ3v) is 8.02. The molecule has 1 heterocycles. The third-order valence-electron chi connectivity index (χ3n) is 6.81. The number of methoxy groups -OCH3 is 2. The molecule has 0 bridgehead atoms. The minimum absolute atomic E-state index is 0.0159. The first-order valence-electron chi connectivity index (χ1n) is 12.3. The van der Waals surface area contributed by atoms with E-state index >= 15 is 0 Å². The van der Waals surface area contributed by atoms with Crippen LogP contribution >= 0.6 is 23.4 Å². The number of benzene rings is 2. The molecule has 0 spiro atoms. The highest BCUT2D eigenvalue weighted by Gasteiger charge is 2.42. The molecule has 0 fully saturated rings. The molecule has 37 heavy (non-hydrogen) atoms. The topological polar surface area (TPSA) is 73.9 Å². The average molecular weight is 542 g/mol. The summed E-state index contributed by atoms with van der Waals surface area (Å²) >= 11 is 8.34. The summed E-state index contributed by atoms with van der Waals surface area (Å²) in [6.07, 6.45) is 0.926. The molecule has 0 saturated carbocycles. The van der Waals surface area contributed by atoms with Crippen molar-refractivity contribution in [3.8, 4) is 11.5 Å². The van der Waals surface area contributed by atoms with Crippen LogP contribution < -0.4 is 14.8 Å². The van der Waals surface area contributed by atoms with Crippen molar-refractivity contribution in [2.75, 3.05) is 32.3 Å². The largest absolute Gasteiger partial charge is 0.493 e. The SMILES string of the molecule is CCSCCOC(=O)C1=C(C)NC2=C(C(=O)C[C@H](c3ccc(OC)c(OC)c3)C2)[C@H]1c1ccccc1Cl. The van der Waals surface area contributed by atoms with Gasteiger partial charge < -0.3 is 19.5 Å². The van der Waals surface area contributed by atoms with Crippen molar-refractivity contribution >= 4 is 35.1 Å². The van der Waals surface area contributed by atoms with E-state index in [0.29, 0.717) is 52.8 Å². The van der Waals surface area contributed by atoms with E-state index in [2.05, 4.69) is 12.2 Å². The van der Waals surface area contributed by atoms with Crippen LogP contribution in [0.1, 0.15) is 49.7 Å². The van der Waals surface area contributed by atoms with Crippen LogP contribution in [-0.4, -0.2) is 44.1 Å². The van der Waals surface area contributed by atoms with Gasteiger partial charge in [-0.2, -0.15) is 11.8 Å². The number of hydrogen-bond acceptors (Lipinski definition) is 7. The number of rotatable bonds is 9. The molecule has 1 aliphatic carbocycles. The highest BCUT2D eigenvalue weighted by molar-refractivity contribution is 7.99. The molecule has 0 amide bonds. The Labute approximate surface area is 227 Å². The Morgan fingerprint density at radius 2 is 1.86 bits per heavy atom. The van der Waals surface area contributed by atoms with Gasteiger partial charge in [0.1, 0.15) is 6.61 Å². The maximum absolute atomic E-state index is 13.8. The van der Waals surface area contributed by atoms with Crippen molar-refractivity contribution in [3.05, 3.63) is 81.2 Å². The summed E-state index contributed by atoms with van der Waals surface area (Å²) in [5.41, 5.74) is 4.24. The third kappa shape index (κ3) is 5.68. The number of nitrogens with one attached hydrogen (secondary N) is 1. The van der Waals surface area contributed by atoms with Crippen LogP contribution in [0.4, 0.5) is 0 Å². The molecule has 4 rings (SSSR count). The molecule has 2 aliphatic rings. The maximum atomic E-state index is 13.8. The number of hydrogen-bond donors (Lipinski definition) is 1. The fourth-order valence-corrected chi connectivity index (χ4v) is 5.82. The molecule has 1 aliphatic heterocycles. The molecule has 196 valence electrons. The van der Waals surface area contributed by atoms with Gasteiger partial charge in [-0.25, -0.2) is 4.79 Å². The van der Waals surface area contributed by atoms with Crippen LogP contribution in [0.5, 0.6) is 11.5 Å². The van der Waals surface area contributed by atoms with Crippen LogP contribution in [0.15, 0.2) is 65.0 Å². The van der Waals surface area contributed by atoms with Gasteiger partial charge >= 0.3 is 5.97 Å². The van der Waals surface area contributed by atoms with Gasteiger partial charge in [-0.3, -0.25) is 4.79 Å². The second-order valence-electron chi connectivity index (χ2n) is 8.99. The summed E-state index contributed by atoms with van der Waals surface area (Å²) in [4.78, 5) is 27.1. The highest BCUT2D eigenvalue weighted by atomic mass is 35.5. The van der Waals surface area contributed by atoms with Crippen molar-refractivity contribution in [3.63, 3.8) is 0 Å². The summed E-state index contributed by atoms with van der Waals surface area (Å²) in [7, 11) is 3.20. The van der Waals surface area contributed by atoms with E-state index in [1.165, 1.54) is 0 Å². The standard InChI is InChI=1S/C29H32ClNO5S/c1-5-37-13-12-36-29(33)26-17(2)31-22-14-19(18-10-11-24(34-3)25(16-18)35-4)15-23(32)28(22)27(26)20-8-6-7-9-21(20)30/h6-11,16,19,27,31H,5,12-15H2,1-4H3/t19-,27+/m1/s1. The minimum atomic E-state index is -0.588. The smallest absolute Gasteiger partial charge is 0.336 e. The Morgan fingerprint density at radius 1 is 1.11 bits per heavy atom. The number of ether oxygens (including phenoxy) is 3. The second kappa shape index (κ2) is 12.1. The van der Waals surface area contributed by atoms with Crippen molar-refractivity contribution in [2.24, 2.45) is 0 Å². The first-order chi connectivity index (χ1) is 17.9.